The molecule has 0 saturated carbocycles. The number of hydrogen-bond donors (Lipinski definition) is 1. The molecule has 1 aliphatic heterocycles. The van der Waals surface area contributed by atoms with Gasteiger partial charge in [-0.15, -0.1) is 13.2 Å². The molecule has 3 aromatic rings. The Hall–Kier alpha value is -3.21. The van der Waals surface area contributed by atoms with Crippen LogP contribution >= 0.6 is 11.3 Å². The number of nitrogens with one attached hydrogen (secondary N) is 1. The fourth-order valence-electron chi connectivity index (χ4n) is 3.03. The average Bonchev–Trinajstić information content (AvgIpc) is 3.38. The number of aromatic nitrogens is 1. The number of sulfonamides is 1. The first-order valence-electron chi connectivity index (χ1n) is 9.26. The molecule has 8 nitrogen and oxygen atoms in total. The lowest BCUT2D eigenvalue weighted by Gasteiger charge is -2.18. The van der Waals surface area contributed by atoms with Crippen LogP contribution in [0.2, 0.25) is 0 Å². The molecule has 4 rings (SSSR count). The molecule has 1 aliphatic rings. The van der Waals surface area contributed by atoms with Gasteiger partial charge in [0, 0.05) is 18.7 Å². The summed E-state index contributed by atoms with van der Waals surface area (Å²) in [6.45, 7) is 7.69. The topological polar surface area (TPSA) is 97.8 Å². The highest BCUT2D eigenvalue weighted by atomic mass is 32.2. The van der Waals surface area contributed by atoms with Gasteiger partial charge in [0.1, 0.15) is 0 Å². The van der Waals surface area contributed by atoms with Crippen LogP contribution in [0.5, 0.6) is 11.5 Å². The molecule has 160 valence electrons. The minimum Gasteiger partial charge on any atom is -0.454 e. The Morgan fingerprint density at radius 1 is 1.13 bits per heavy atom. The maximum absolute atomic E-state index is 12.9. The second kappa shape index (κ2) is 8.50. The van der Waals surface area contributed by atoms with Crippen LogP contribution in [0.4, 0.5) is 5.13 Å². The number of fused-ring (bicyclic) bond motifs is 2. The van der Waals surface area contributed by atoms with Crippen molar-refractivity contribution in [1.82, 2.24) is 9.29 Å². The number of amides is 1. The van der Waals surface area contributed by atoms with Crippen LogP contribution in [0.1, 0.15) is 10.4 Å². The van der Waals surface area contributed by atoms with Crippen molar-refractivity contribution in [3.05, 3.63) is 67.3 Å². The number of anilines is 1. The van der Waals surface area contributed by atoms with Gasteiger partial charge in [0.15, 0.2) is 16.6 Å². The number of benzene rings is 2. The standard InChI is InChI=1S/C21H19N3O5S2/c1-3-9-24(10-4-2)31(26,27)15-6-7-16-19(12-15)30-21(22-16)23-20(25)14-5-8-17-18(11-14)29-13-28-17/h3-8,11-12H,1-2,9-10,13H2,(H,22,23,25). The van der Waals surface area contributed by atoms with Crippen LogP contribution in [-0.4, -0.2) is 43.5 Å². The minimum absolute atomic E-state index is 0.126. The molecule has 1 N–H and O–H groups in total. The third-order valence-corrected chi connectivity index (χ3v) is 7.28. The Morgan fingerprint density at radius 2 is 1.87 bits per heavy atom. The van der Waals surface area contributed by atoms with E-state index < -0.39 is 10.0 Å². The van der Waals surface area contributed by atoms with Gasteiger partial charge in [0.2, 0.25) is 16.8 Å². The van der Waals surface area contributed by atoms with E-state index in [0.717, 1.165) is 0 Å². The van der Waals surface area contributed by atoms with E-state index in [-0.39, 0.29) is 30.7 Å². The van der Waals surface area contributed by atoms with Crippen LogP contribution in [0.3, 0.4) is 0 Å². The Kier molecular flexibility index (Phi) is 5.77. The van der Waals surface area contributed by atoms with E-state index in [1.54, 1.807) is 30.3 Å². The van der Waals surface area contributed by atoms with Crippen molar-refractivity contribution >= 4 is 42.6 Å². The largest absolute Gasteiger partial charge is 0.454 e. The first-order valence-corrected chi connectivity index (χ1v) is 11.5. The molecule has 31 heavy (non-hydrogen) atoms. The van der Waals surface area contributed by atoms with Gasteiger partial charge in [-0.1, -0.05) is 23.5 Å². The van der Waals surface area contributed by atoms with Crippen molar-refractivity contribution in [2.75, 3.05) is 25.2 Å². The van der Waals surface area contributed by atoms with Crippen molar-refractivity contribution in [3.8, 4) is 11.5 Å². The number of ether oxygens (including phenoxy) is 2. The summed E-state index contributed by atoms with van der Waals surface area (Å²) in [5, 5.41) is 3.11. The predicted molar refractivity (Wildman–Crippen MR) is 119 cm³/mol. The smallest absolute Gasteiger partial charge is 0.257 e. The molecule has 10 heteroatoms. The summed E-state index contributed by atoms with van der Waals surface area (Å²) >= 11 is 1.19. The highest BCUT2D eigenvalue weighted by Gasteiger charge is 2.23. The first-order chi connectivity index (χ1) is 14.9. The summed E-state index contributed by atoms with van der Waals surface area (Å²) in [7, 11) is -3.72. The fourth-order valence-corrected chi connectivity index (χ4v) is 5.42. The average molecular weight is 458 g/mol. The quantitative estimate of drug-likeness (QED) is 0.519. The number of carbonyl (C=O) groups excluding carboxylic acids is 1. The summed E-state index contributed by atoms with van der Waals surface area (Å²) < 4.78 is 38.3. The summed E-state index contributed by atoms with van der Waals surface area (Å²) in [5.74, 6) is 0.746. The minimum atomic E-state index is -3.72. The number of carbonyl (C=O) groups is 1. The van der Waals surface area contributed by atoms with Crippen LogP contribution in [0.25, 0.3) is 10.2 Å². The predicted octanol–water partition coefficient (Wildman–Crippen LogP) is 3.64. The Bertz CT molecular complexity index is 1270. The van der Waals surface area contributed by atoms with Crippen molar-refractivity contribution < 1.29 is 22.7 Å². The zero-order valence-electron chi connectivity index (χ0n) is 16.4. The number of nitrogens with zero attached hydrogens (tertiary/aromatic N) is 2. The molecular weight excluding hydrogens is 438 g/mol. The van der Waals surface area contributed by atoms with Gasteiger partial charge in [0.25, 0.3) is 5.91 Å². The lowest BCUT2D eigenvalue weighted by molar-refractivity contribution is 0.102. The van der Waals surface area contributed by atoms with Crippen molar-refractivity contribution in [2.24, 2.45) is 0 Å². The van der Waals surface area contributed by atoms with Crippen LogP contribution in [-0.2, 0) is 10.0 Å². The highest BCUT2D eigenvalue weighted by molar-refractivity contribution is 7.89. The maximum atomic E-state index is 12.9. The van der Waals surface area contributed by atoms with Gasteiger partial charge < -0.3 is 9.47 Å². The zero-order chi connectivity index (χ0) is 22.0. The van der Waals surface area contributed by atoms with Crippen molar-refractivity contribution in [2.45, 2.75) is 4.90 Å². The van der Waals surface area contributed by atoms with E-state index in [1.165, 1.54) is 33.9 Å². The van der Waals surface area contributed by atoms with Gasteiger partial charge >= 0.3 is 0 Å². The number of hydrogen-bond acceptors (Lipinski definition) is 7. The van der Waals surface area contributed by atoms with Crippen molar-refractivity contribution in [1.29, 1.82) is 0 Å². The summed E-state index contributed by atoms with van der Waals surface area (Å²) in [4.78, 5) is 17.1. The van der Waals surface area contributed by atoms with E-state index in [1.807, 2.05) is 0 Å². The van der Waals surface area contributed by atoms with E-state index in [9.17, 15) is 13.2 Å². The molecule has 0 radical (unpaired) electrons. The number of rotatable bonds is 8. The second-order valence-electron chi connectivity index (χ2n) is 6.57. The summed E-state index contributed by atoms with van der Waals surface area (Å²) in [6, 6.07) is 9.58. The second-order valence-corrected chi connectivity index (χ2v) is 9.54. The SMILES string of the molecule is C=CCN(CC=C)S(=O)(=O)c1ccc2nc(NC(=O)c3ccc4c(c3)OCO4)sc2c1. The Balaban J connectivity index is 1.58. The summed E-state index contributed by atoms with van der Waals surface area (Å²) in [5.41, 5.74) is 0.986. The molecule has 0 atom stereocenters. The molecule has 1 amide bonds. The first kappa shape index (κ1) is 21.0. The number of thiazole rings is 1. The maximum Gasteiger partial charge on any atom is 0.257 e. The molecule has 0 aliphatic carbocycles. The Labute approximate surface area is 183 Å². The van der Waals surface area contributed by atoms with Gasteiger partial charge in [0.05, 0.1) is 15.1 Å². The lowest BCUT2D eigenvalue weighted by atomic mass is 10.2. The van der Waals surface area contributed by atoms with E-state index in [0.29, 0.717) is 32.4 Å². The van der Waals surface area contributed by atoms with Gasteiger partial charge in [-0.25, -0.2) is 13.4 Å². The zero-order valence-corrected chi connectivity index (χ0v) is 18.0. The van der Waals surface area contributed by atoms with Gasteiger partial charge in [-0.05, 0) is 36.4 Å². The van der Waals surface area contributed by atoms with Crippen molar-refractivity contribution in [3.63, 3.8) is 0 Å². The van der Waals surface area contributed by atoms with Crippen LogP contribution in [0.15, 0.2) is 66.6 Å². The van der Waals surface area contributed by atoms with Crippen LogP contribution < -0.4 is 14.8 Å². The highest BCUT2D eigenvalue weighted by Crippen LogP contribution is 2.33. The fraction of sp³-hybridized carbons (Fsp3) is 0.143. The molecule has 0 unspecified atom stereocenters. The van der Waals surface area contributed by atoms with E-state index in [2.05, 4.69) is 23.5 Å². The molecule has 2 heterocycles. The van der Waals surface area contributed by atoms with Gasteiger partial charge in [-0.3, -0.25) is 10.1 Å². The van der Waals surface area contributed by atoms with E-state index in [4.69, 9.17) is 9.47 Å². The monoisotopic (exact) mass is 457 g/mol. The molecule has 1 aromatic heterocycles. The molecule has 0 spiro atoms. The van der Waals surface area contributed by atoms with Crippen LogP contribution in [0, 0.1) is 0 Å². The molecule has 2 aromatic carbocycles. The normalized spacial score (nSPS) is 12.8. The molecular formula is C21H19N3O5S2. The van der Waals surface area contributed by atoms with Gasteiger partial charge in [-0.2, -0.15) is 4.31 Å². The molecule has 0 saturated heterocycles. The lowest BCUT2D eigenvalue weighted by Crippen LogP contribution is -2.31. The summed E-state index contributed by atoms with van der Waals surface area (Å²) in [6.07, 6.45) is 3.05. The Morgan fingerprint density at radius 3 is 2.61 bits per heavy atom. The molecule has 0 bridgehead atoms. The third-order valence-electron chi connectivity index (χ3n) is 4.52. The molecule has 0 fully saturated rings. The van der Waals surface area contributed by atoms with E-state index >= 15 is 0 Å². The third kappa shape index (κ3) is 4.18.